The lowest BCUT2D eigenvalue weighted by molar-refractivity contribution is -0.123. The van der Waals surface area contributed by atoms with Gasteiger partial charge in [0.15, 0.2) is 0 Å². The number of hydrogen-bond acceptors (Lipinski definition) is 4. The summed E-state index contributed by atoms with van der Waals surface area (Å²) in [5, 5.41) is 6.41. The van der Waals surface area contributed by atoms with Crippen molar-refractivity contribution < 1.29 is 9.59 Å². The number of pyridine rings is 1. The van der Waals surface area contributed by atoms with E-state index in [4.69, 9.17) is 23.2 Å². The summed E-state index contributed by atoms with van der Waals surface area (Å²) in [5.41, 5.74) is 1.22. The van der Waals surface area contributed by atoms with Crippen molar-refractivity contribution in [3.63, 3.8) is 0 Å². The zero-order chi connectivity index (χ0) is 19.8. The lowest BCUT2D eigenvalue weighted by Gasteiger charge is -2.21. The van der Waals surface area contributed by atoms with Gasteiger partial charge in [-0.3, -0.25) is 14.6 Å². The Morgan fingerprint density at radius 3 is 2.48 bits per heavy atom. The first kappa shape index (κ1) is 21.5. The predicted octanol–water partition coefficient (Wildman–Crippen LogP) is 4.12. The molecule has 2 atom stereocenters. The van der Waals surface area contributed by atoms with Gasteiger partial charge in [-0.25, -0.2) is 0 Å². The van der Waals surface area contributed by atoms with Crippen LogP contribution in [0.1, 0.15) is 35.3 Å². The van der Waals surface area contributed by atoms with Crippen molar-refractivity contribution in [2.75, 3.05) is 12.0 Å². The lowest BCUT2D eigenvalue weighted by atomic mass is 10.1. The number of nitrogens with zero attached hydrogens (tertiary/aromatic N) is 1. The summed E-state index contributed by atoms with van der Waals surface area (Å²) < 4.78 is 0. The first-order valence-corrected chi connectivity index (χ1v) is 10.5. The average Bonchev–Trinajstić information content (AvgIpc) is 2.65. The molecule has 1 aromatic heterocycles. The molecule has 0 radical (unpaired) electrons. The van der Waals surface area contributed by atoms with Crippen molar-refractivity contribution >= 4 is 46.8 Å². The maximum absolute atomic E-state index is 12.7. The number of rotatable bonds is 8. The summed E-state index contributed by atoms with van der Waals surface area (Å²) in [6.45, 7) is 1.89. The van der Waals surface area contributed by atoms with Gasteiger partial charge in [-0.15, -0.1) is 0 Å². The molecule has 8 heteroatoms. The number of nitrogens with one attached hydrogen (secondary N) is 2. The molecule has 0 aliphatic carbocycles. The van der Waals surface area contributed by atoms with Gasteiger partial charge in [0.1, 0.15) is 6.04 Å². The zero-order valence-corrected chi connectivity index (χ0v) is 17.4. The van der Waals surface area contributed by atoms with Crippen LogP contribution in [-0.4, -0.2) is 34.8 Å². The summed E-state index contributed by atoms with van der Waals surface area (Å²) in [7, 11) is 0. The van der Waals surface area contributed by atoms with Crippen molar-refractivity contribution in [2.24, 2.45) is 0 Å². The Bertz CT molecular complexity index is 790. The molecular weight excluding hydrogens is 405 g/mol. The summed E-state index contributed by atoms with van der Waals surface area (Å²) in [4.78, 5) is 29.3. The number of benzene rings is 1. The molecule has 2 rings (SSSR count). The van der Waals surface area contributed by atoms with Gasteiger partial charge in [-0.1, -0.05) is 23.2 Å². The van der Waals surface area contributed by atoms with Crippen LogP contribution >= 0.6 is 35.0 Å². The van der Waals surface area contributed by atoms with Crippen molar-refractivity contribution in [2.45, 2.75) is 25.4 Å². The van der Waals surface area contributed by atoms with Gasteiger partial charge in [-0.05, 0) is 61.2 Å². The zero-order valence-electron chi connectivity index (χ0n) is 15.0. The fourth-order valence-electron chi connectivity index (χ4n) is 2.46. The minimum atomic E-state index is -0.666. The number of amides is 2. The van der Waals surface area contributed by atoms with Gasteiger partial charge in [0, 0.05) is 17.4 Å². The third-order valence-electron chi connectivity index (χ3n) is 3.97. The van der Waals surface area contributed by atoms with Crippen LogP contribution in [0.5, 0.6) is 0 Å². The van der Waals surface area contributed by atoms with Crippen LogP contribution in [0.2, 0.25) is 10.0 Å². The number of carbonyl (C=O) groups excluding carboxylic acids is 2. The number of hydrogen-bond donors (Lipinski definition) is 2. The topological polar surface area (TPSA) is 71.1 Å². The van der Waals surface area contributed by atoms with Gasteiger partial charge >= 0.3 is 0 Å². The second-order valence-electron chi connectivity index (χ2n) is 5.94. The van der Waals surface area contributed by atoms with Gasteiger partial charge < -0.3 is 10.6 Å². The summed E-state index contributed by atoms with van der Waals surface area (Å²) in [5.74, 6) is 0.0809. The van der Waals surface area contributed by atoms with Crippen molar-refractivity contribution in [1.29, 1.82) is 0 Å². The highest BCUT2D eigenvalue weighted by Gasteiger charge is 2.23. The first-order chi connectivity index (χ1) is 12.9. The maximum Gasteiger partial charge on any atom is 0.253 e. The molecule has 2 unspecified atom stereocenters. The Kier molecular flexibility index (Phi) is 8.41. The molecule has 1 aromatic carbocycles. The largest absolute Gasteiger partial charge is 0.348 e. The number of thioether (sulfide) groups is 1. The van der Waals surface area contributed by atoms with E-state index in [9.17, 15) is 9.59 Å². The highest BCUT2D eigenvalue weighted by atomic mass is 35.5. The summed E-state index contributed by atoms with van der Waals surface area (Å²) in [6.07, 6.45) is 5.81. The van der Waals surface area contributed by atoms with E-state index in [0.717, 1.165) is 11.3 Å². The summed E-state index contributed by atoms with van der Waals surface area (Å²) >= 11 is 13.6. The molecule has 0 saturated heterocycles. The van der Waals surface area contributed by atoms with E-state index in [-0.39, 0.29) is 22.5 Å². The fraction of sp³-hybridized carbons (Fsp3) is 0.316. The quantitative estimate of drug-likeness (QED) is 0.666. The van der Waals surface area contributed by atoms with Crippen molar-refractivity contribution in [3.05, 3.63) is 63.9 Å². The molecule has 2 aromatic rings. The standard InChI is InChI=1S/C19H21Cl2N3O2S/c1-12(13-5-8-22-9-6-13)23-19(26)17(7-10-27-2)24-18(25)15-4-3-14(20)11-16(15)21/h3-6,8-9,11-12,17H,7,10H2,1-2H3,(H,23,26)(H,24,25). The van der Waals surface area contributed by atoms with E-state index < -0.39 is 11.9 Å². The van der Waals surface area contributed by atoms with E-state index in [1.165, 1.54) is 6.07 Å². The van der Waals surface area contributed by atoms with Gasteiger partial charge in [-0.2, -0.15) is 11.8 Å². The Morgan fingerprint density at radius 2 is 1.85 bits per heavy atom. The van der Waals surface area contributed by atoms with E-state index in [1.807, 2.05) is 25.3 Å². The predicted molar refractivity (Wildman–Crippen MR) is 112 cm³/mol. The number of halogens is 2. The minimum Gasteiger partial charge on any atom is -0.348 e. The first-order valence-electron chi connectivity index (χ1n) is 8.37. The molecule has 1 heterocycles. The highest BCUT2D eigenvalue weighted by molar-refractivity contribution is 7.98. The third-order valence-corrected chi connectivity index (χ3v) is 5.16. The molecule has 2 amide bonds. The Labute approximate surface area is 173 Å². The number of aromatic nitrogens is 1. The molecule has 27 heavy (non-hydrogen) atoms. The molecule has 0 fully saturated rings. The van der Waals surface area contributed by atoms with E-state index >= 15 is 0 Å². The van der Waals surface area contributed by atoms with Gasteiger partial charge in [0.05, 0.1) is 16.6 Å². The van der Waals surface area contributed by atoms with Crippen LogP contribution < -0.4 is 10.6 Å². The molecule has 0 aliphatic rings. The normalized spacial score (nSPS) is 12.9. The monoisotopic (exact) mass is 425 g/mol. The van der Waals surface area contributed by atoms with Crippen LogP contribution in [0.3, 0.4) is 0 Å². The van der Waals surface area contributed by atoms with Crippen LogP contribution in [0.4, 0.5) is 0 Å². The van der Waals surface area contributed by atoms with Crippen LogP contribution in [-0.2, 0) is 4.79 Å². The summed E-state index contributed by atoms with van der Waals surface area (Å²) in [6, 6.07) is 7.45. The molecule has 0 aliphatic heterocycles. The van der Waals surface area contributed by atoms with Gasteiger partial charge in [0.25, 0.3) is 5.91 Å². The third kappa shape index (κ3) is 6.41. The lowest BCUT2D eigenvalue weighted by Crippen LogP contribution is -2.47. The molecule has 5 nitrogen and oxygen atoms in total. The van der Waals surface area contributed by atoms with Crippen molar-refractivity contribution in [3.8, 4) is 0 Å². The highest BCUT2D eigenvalue weighted by Crippen LogP contribution is 2.21. The molecule has 0 saturated carbocycles. The van der Waals surface area contributed by atoms with E-state index in [1.54, 1.807) is 36.3 Å². The van der Waals surface area contributed by atoms with Crippen LogP contribution in [0, 0.1) is 0 Å². The molecule has 2 N–H and O–H groups in total. The van der Waals surface area contributed by atoms with Crippen LogP contribution in [0.15, 0.2) is 42.7 Å². The van der Waals surface area contributed by atoms with Crippen LogP contribution in [0.25, 0.3) is 0 Å². The fourth-order valence-corrected chi connectivity index (χ4v) is 3.43. The Balaban J connectivity index is 2.09. The smallest absolute Gasteiger partial charge is 0.253 e. The van der Waals surface area contributed by atoms with E-state index in [0.29, 0.717) is 11.4 Å². The van der Waals surface area contributed by atoms with E-state index in [2.05, 4.69) is 15.6 Å². The minimum absolute atomic E-state index is 0.201. The SMILES string of the molecule is CSCCC(NC(=O)c1ccc(Cl)cc1Cl)C(=O)NC(C)c1ccncc1. The van der Waals surface area contributed by atoms with Gasteiger partial charge in [0.2, 0.25) is 5.91 Å². The van der Waals surface area contributed by atoms with Crippen molar-refractivity contribution in [1.82, 2.24) is 15.6 Å². The molecule has 0 spiro atoms. The molecule has 0 bridgehead atoms. The second-order valence-corrected chi connectivity index (χ2v) is 7.77. The molecular formula is C19H21Cl2N3O2S. The maximum atomic E-state index is 12.7. The Hall–Kier alpha value is -1.76. The number of carbonyl (C=O) groups is 2. The Morgan fingerprint density at radius 1 is 1.15 bits per heavy atom. The second kappa shape index (κ2) is 10.5. The molecule has 144 valence electrons. The average molecular weight is 426 g/mol.